The number of carboxylic acid groups (broad SMARTS) is 1. The van der Waals surface area contributed by atoms with E-state index in [-0.39, 0.29) is 11.5 Å². The van der Waals surface area contributed by atoms with Crippen LogP contribution in [0.5, 0.6) is 0 Å². The third-order valence-electron chi connectivity index (χ3n) is 3.34. The molecule has 0 aliphatic carbocycles. The zero-order valence-electron chi connectivity index (χ0n) is 12.2. The molecule has 2 rings (SSSR count). The molecule has 1 amide bonds. The summed E-state index contributed by atoms with van der Waals surface area (Å²) < 4.78 is 0. The number of hydrogen-bond acceptors (Lipinski definition) is 3. The highest BCUT2D eigenvalue weighted by Gasteiger charge is 2.04. The Kier molecular flexibility index (Phi) is 6.15. The molecule has 116 valence electrons. The first-order chi connectivity index (χ1) is 10.6. The maximum absolute atomic E-state index is 11.7. The highest BCUT2D eigenvalue weighted by molar-refractivity contribution is 7.09. The van der Waals surface area contributed by atoms with Crippen LogP contribution in [0.25, 0.3) is 0 Å². The van der Waals surface area contributed by atoms with Crippen molar-refractivity contribution in [2.24, 2.45) is 0 Å². The molecule has 1 aromatic heterocycles. The highest BCUT2D eigenvalue weighted by atomic mass is 32.1. The summed E-state index contributed by atoms with van der Waals surface area (Å²) >= 11 is 1.72. The van der Waals surface area contributed by atoms with Crippen LogP contribution in [0.2, 0.25) is 0 Å². The van der Waals surface area contributed by atoms with E-state index in [1.807, 2.05) is 11.4 Å². The highest BCUT2D eigenvalue weighted by Crippen LogP contribution is 2.11. The molecular weight excluding hydrogens is 298 g/mol. The van der Waals surface area contributed by atoms with Gasteiger partial charge in [-0.15, -0.1) is 11.3 Å². The van der Waals surface area contributed by atoms with Crippen LogP contribution in [-0.4, -0.2) is 23.5 Å². The molecule has 0 aliphatic rings. The van der Waals surface area contributed by atoms with E-state index >= 15 is 0 Å². The number of carboxylic acids is 1. The standard InChI is InChI=1S/C17H19NO3S/c19-16(5-1-3-15-4-2-12-22-15)18-11-10-13-6-8-14(9-7-13)17(20)21/h2,4,6-9,12H,1,3,5,10-11H2,(H,18,19)(H,20,21). The topological polar surface area (TPSA) is 66.4 Å². The van der Waals surface area contributed by atoms with Gasteiger partial charge in [0.05, 0.1) is 5.56 Å². The molecule has 0 fully saturated rings. The van der Waals surface area contributed by atoms with E-state index in [1.165, 1.54) is 4.88 Å². The second-order valence-electron chi connectivity index (χ2n) is 5.03. The Bertz CT molecular complexity index is 605. The number of aryl methyl sites for hydroxylation is 1. The second-order valence-corrected chi connectivity index (χ2v) is 6.07. The maximum Gasteiger partial charge on any atom is 0.335 e. The van der Waals surface area contributed by atoms with Crippen molar-refractivity contribution in [1.82, 2.24) is 5.32 Å². The molecule has 2 N–H and O–H groups in total. The van der Waals surface area contributed by atoms with Crippen LogP contribution in [0.3, 0.4) is 0 Å². The number of rotatable bonds is 8. The van der Waals surface area contributed by atoms with Gasteiger partial charge in [0, 0.05) is 17.8 Å². The van der Waals surface area contributed by atoms with Crippen molar-refractivity contribution in [2.45, 2.75) is 25.7 Å². The number of hydrogen-bond donors (Lipinski definition) is 2. The average Bonchev–Trinajstić information content (AvgIpc) is 3.01. The van der Waals surface area contributed by atoms with Gasteiger partial charge in [0.15, 0.2) is 0 Å². The summed E-state index contributed by atoms with van der Waals surface area (Å²) in [5.41, 5.74) is 1.30. The zero-order valence-corrected chi connectivity index (χ0v) is 13.1. The molecule has 0 saturated heterocycles. The van der Waals surface area contributed by atoms with Crippen molar-refractivity contribution in [3.8, 4) is 0 Å². The summed E-state index contributed by atoms with van der Waals surface area (Å²) in [5.74, 6) is -0.857. The van der Waals surface area contributed by atoms with E-state index in [2.05, 4.69) is 11.4 Å². The van der Waals surface area contributed by atoms with Crippen molar-refractivity contribution in [1.29, 1.82) is 0 Å². The van der Waals surface area contributed by atoms with Gasteiger partial charge in [-0.1, -0.05) is 18.2 Å². The third-order valence-corrected chi connectivity index (χ3v) is 4.28. The molecule has 2 aromatic rings. The molecule has 4 nitrogen and oxygen atoms in total. The largest absolute Gasteiger partial charge is 0.478 e. The Balaban J connectivity index is 1.63. The van der Waals surface area contributed by atoms with E-state index in [9.17, 15) is 9.59 Å². The van der Waals surface area contributed by atoms with Crippen LogP contribution >= 0.6 is 11.3 Å². The third kappa shape index (κ3) is 5.33. The predicted octanol–water partition coefficient (Wildman–Crippen LogP) is 3.13. The quantitative estimate of drug-likeness (QED) is 0.786. The fourth-order valence-corrected chi connectivity index (χ4v) is 2.88. The van der Waals surface area contributed by atoms with Crippen molar-refractivity contribution in [2.75, 3.05) is 6.54 Å². The van der Waals surface area contributed by atoms with Crippen LogP contribution < -0.4 is 5.32 Å². The Labute approximate surface area is 133 Å². The molecule has 1 heterocycles. The zero-order chi connectivity index (χ0) is 15.8. The molecule has 0 aliphatic heterocycles. The first-order valence-corrected chi connectivity index (χ1v) is 8.14. The minimum atomic E-state index is -0.925. The first-order valence-electron chi connectivity index (χ1n) is 7.26. The fourth-order valence-electron chi connectivity index (χ4n) is 2.13. The molecule has 0 radical (unpaired) electrons. The van der Waals surface area contributed by atoms with E-state index in [0.29, 0.717) is 19.4 Å². The Morgan fingerprint density at radius 1 is 1.09 bits per heavy atom. The lowest BCUT2D eigenvalue weighted by molar-refractivity contribution is -0.121. The second kappa shape index (κ2) is 8.34. The predicted molar refractivity (Wildman–Crippen MR) is 87.4 cm³/mol. The van der Waals surface area contributed by atoms with Crippen LogP contribution in [0.4, 0.5) is 0 Å². The minimum Gasteiger partial charge on any atom is -0.478 e. The van der Waals surface area contributed by atoms with Gasteiger partial charge < -0.3 is 10.4 Å². The first kappa shape index (κ1) is 16.2. The number of carbonyl (C=O) groups is 2. The number of aromatic carboxylic acids is 1. The van der Waals surface area contributed by atoms with Gasteiger partial charge in [0.25, 0.3) is 0 Å². The normalized spacial score (nSPS) is 10.4. The fraction of sp³-hybridized carbons (Fsp3) is 0.294. The Morgan fingerprint density at radius 3 is 2.50 bits per heavy atom. The van der Waals surface area contributed by atoms with Crippen LogP contribution in [0.15, 0.2) is 41.8 Å². The number of thiophene rings is 1. The summed E-state index contributed by atoms with van der Waals surface area (Å²) in [7, 11) is 0. The lowest BCUT2D eigenvalue weighted by Crippen LogP contribution is -2.25. The van der Waals surface area contributed by atoms with Crippen molar-refractivity contribution < 1.29 is 14.7 Å². The summed E-state index contributed by atoms with van der Waals surface area (Å²) in [4.78, 5) is 23.8. The number of amides is 1. The average molecular weight is 317 g/mol. The molecule has 0 spiro atoms. The smallest absolute Gasteiger partial charge is 0.335 e. The number of nitrogens with one attached hydrogen (secondary N) is 1. The van der Waals surface area contributed by atoms with Gasteiger partial charge >= 0.3 is 5.97 Å². The van der Waals surface area contributed by atoms with E-state index in [4.69, 9.17) is 5.11 Å². The molecule has 0 atom stereocenters. The summed E-state index contributed by atoms with van der Waals surface area (Å²) in [5, 5.41) is 13.8. The molecular formula is C17H19NO3S. The van der Waals surface area contributed by atoms with E-state index in [0.717, 1.165) is 18.4 Å². The van der Waals surface area contributed by atoms with Gasteiger partial charge in [0.2, 0.25) is 5.91 Å². The van der Waals surface area contributed by atoms with Crippen molar-refractivity contribution in [3.05, 3.63) is 57.8 Å². The van der Waals surface area contributed by atoms with Gasteiger partial charge in [-0.05, 0) is 48.4 Å². The number of carbonyl (C=O) groups excluding carboxylic acids is 1. The number of benzene rings is 1. The molecule has 0 unspecified atom stereocenters. The monoisotopic (exact) mass is 317 g/mol. The minimum absolute atomic E-state index is 0.0683. The summed E-state index contributed by atoms with van der Waals surface area (Å²) in [6.07, 6.45) is 3.05. The van der Waals surface area contributed by atoms with Crippen molar-refractivity contribution in [3.63, 3.8) is 0 Å². The van der Waals surface area contributed by atoms with E-state index in [1.54, 1.807) is 35.6 Å². The van der Waals surface area contributed by atoms with Crippen molar-refractivity contribution >= 4 is 23.2 Å². The maximum atomic E-state index is 11.7. The van der Waals surface area contributed by atoms with E-state index < -0.39 is 5.97 Å². The molecule has 22 heavy (non-hydrogen) atoms. The SMILES string of the molecule is O=C(CCCc1cccs1)NCCc1ccc(C(=O)O)cc1. The van der Waals surface area contributed by atoms with Crippen LogP contribution in [0, 0.1) is 0 Å². The van der Waals surface area contributed by atoms with Crippen LogP contribution in [0.1, 0.15) is 33.6 Å². The molecule has 1 aromatic carbocycles. The van der Waals surface area contributed by atoms with Gasteiger partial charge in [0.1, 0.15) is 0 Å². The van der Waals surface area contributed by atoms with Gasteiger partial charge in [-0.3, -0.25) is 4.79 Å². The van der Waals surface area contributed by atoms with Gasteiger partial charge in [-0.2, -0.15) is 0 Å². The lowest BCUT2D eigenvalue weighted by atomic mass is 10.1. The van der Waals surface area contributed by atoms with Gasteiger partial charge in [-0.25, -0.2) is 4.79 Å². The molecule has 0 saturated carbocycles. The molecule has 0 bridgehead atoms. The summed E-state index contributed by atoms with van der Waals surface area (Å²) in [6.45, 7) is 0.574. The Hall–Kier alpha value is -2.14. The molecule has 5 heteroatoms. The van der Waals surface area contributed by atoms with Crippen LogP contribution in [-0.2, 0) is 17.6 Å². The Morgan fingerprint density at radius 2 is 1.86 bits per heavy atom. The summed E-state index contributed by atoms with van der Waals surface area (Å²) in [6, 6.07) is 10.8. The lowest BCUT2D eigenvalue weighted by Gasteiger charge is -2.05.